The van der Waals surface area contributed by atoms with Crippen molar-refractivity contribution in [3.63, 3.8) is 0 Å². The van der Waals surface area contributed by atoms with E-state index in [0.717, 1.165) is 6.54 Å². The monoisotopic (exact) mass is 255 g/mol. The van der Waals surface area contributed by atoms with Gasteiger partial charge in [-0.3, -0.25) is 4.79 Å². The van der Waals surface area contributed by atoms with E-state index in [9.17, 15) is 4.79 Å². The average molecular weight is 256 g/mol. The fourth-order valence-electron chi connectivity index (χ4n) is 1.44. The third-order valence-electron chi connectivity index (χ3n) is 2.24. The molecule has 1 rings (SSSR count). The smallest absolute Gasteiger partial charge is 0.260 e. The van der Waals surface area contributed by atoms with Gasteiger partial charge in [0.2, 0.25) is 0 Å². The number of hydrogen-bond acceptors (Lipinski definition) is 2. The molecule has 0 aliphatic carbocycles. The highest BCUT2D eigenvalue weighted by molar-refractivity contribution is 6.30. The van der Waals surface area contributed by atoms with Crippen LogP contribution in [0.2, 0.25) is 5.02 Å². The summed E-state index contributed by atoms with van der Waals surface area (Å²) >= 11 is 5.75. The number of halogens is 1. The molecule has 0 fully saturated rings. The van der Waals surface area contributed by atoms with Crippen LogP contribution in [-0.2, 0) is 4.79 Å². The lowest BCUT2D eigenvalue weighted by molar-refractivity contribution is -0.132. The van der Waals surface area contributed by atoms with E-state index in [1.807, 2.05) is 0 Å². The van der Waals surface area contributed by atoms with Gasteiger partial charge in [-0.25, -0.2) is 0 Å². The molecule has 1 aromatic rings. The first-order valence-electron chi connectivity index (χ1n) is 5.61. The number of likely N-dealkylation sites (N-methyl/N-ethyl adjacent to an activating group) is 1. The van der Waals surface area contributed by atoms with Crippen LogP contribution in [-0.4, -0.2) is 31.0 Å². The van der Waals surface area contributed by atoms with Crippen molar-refractivity contribution in [1.82, 2.24) is 4.90 Å². The van der Waals surface area contributed by atoms with Crippen LogP contribution in [0.25, 0.3) is 0 Å². The van der Waals surface area contributed by atoms with Crippen molar-refractivity contribution in [3.05, 3.63) is 29.3 Å². The minimum Gasteiger partial charge on any atom is -0.484 e. The third-order valence-corrected chi connectivity index (χ3v) is 2.49. The summed E-state index contributed by atoms with van der Waals surface area (Å²) in [6.45, 7) is 4.95. The topological polar surface area (TPSA) is 29.5 Å². The van der Waals surface area contributed by atoms with Gasteiger partial charge in [0.15, 0.2) is 6.61 Å². The van der Waals surface area contributed by atoms with Crippen molar-refractivity contribution in [1.29, 1.82) is 0 Å². The van der Waals surface area contributed by atoms with E-state index in [-0.39, 0.29) is 12.5 Å². The third kappa shape index (κ3) is 5.09. The molecule has 94 valence electrons. The molecular weight excluding hydrogens is 238 g/mol. The van der Waals surface area contributed by atoms with Crippen LogP contribution < -0.4 is 4.74 Å². The van der Waals surface area contributed by atoms with Gasteiger partial charge in [-0.2, -0.15) is 0 Å². The predicted octanol–water partition coefficient (Wildman–Crippen LogP) is 2.83. The molecule has 3 nitrogen and oxygen atoms in total. The molecule has 0 saturated heterocycles. The largest absolute Gasteiger partial charge is 0.484 e. The normalized spacial score (nSPS) is 10.4. The predicted molar refractivity (Wildman–Crippen MR) is 69.4 cm³/mol. The summed E-state index contributed by atoms with van der Waals surface area (Å²) in [5.74, 6) is 1.09. The molecule has 0 radical (unpaired) electrons. The Bertz CT molecular complexity index is 362. The molecule has 0 heterocycles. The first-order valence-corrected chi connectivity index (χ1v) is 5.99. The molecule has 1 aromatic carbocycles. The van der Waals surface area contributed by atoms with E-state index in [2.05, 4.69) is 13.8 Å². The second kappa shape index (κ2) is 6.50. The second-order valence-corrected chi connectivity index (χ2v) is 4.85. The van der Waals surface area contributed by atoms with Crippen LogP contribution in [0, 0.1) is 5.92 Å². The quantitative estimate of drug-likeness (QED) is 0.810. The van der Waals surface area contributed by atoms with Gasteiger partial charge < -0.3 is 9.64 Å². The van der Waals surface area contributed by atoms with Crippen LogP contribution in [0.15, 0.2) is 24.3 Å². The summed E-state index contributed by atoms with van der Waals surface area (Å²) in [7, 11) is 1.79. The number of hydrogen-bond donors (Lipinski definition) is 0. The van der Waals surface area contributed by atoms with Gasteiger partial charge in [-0.05, 0) is 30.2 Å². The van der Waals surface area contributed by atoms with E-state index in [0.29, 0.717) is 16.7 Å². The number of carbonyl (C=O) groups excluding carboxylic acids is 1. The van der Waals surface area contributed by atoms with Gasteiger partial charge in [-0.15, -0.1) is 0 Å². The van der Waals surface area contributed by atoms with Gasteiger partial charge in [0, 0.05) is 18.6 Å². The van der Waals surface area contributed by atoms with Crippen molar-refractivity contribution >= 4 is 17.5 Å². The number of nitrogens with zero attached hydrogens (tertiary/aromatic N) is 1. The zero-order valence-electron chi connectivity index (χ0n) is 10.4. The Morgan fingerprint density at radius 1 is 1.35 bits per heavy atom. The highest BCUT2D eigenvalue weighted by Crippen LogP contribution is 2.15. The Morgan fingerprint density at radius 2 is 1.94 bits per heavy atom. The molecule has 0 atom stereocenters. The van der Waals surface area contributed by atoms with Crippen molar-refractivity contribution in [3.8, 4) is 5.75 Å². The van der Waals surface area contributed by atoms with Crippen molar-refractivity contribution in [2.24, 2.45) is 5.92 Å². The van der Waals surface area contributed by atoms with E-state index in [1.54, 1.807) is 36.2 Å². The lowest BCUT2D eigenvalue weighted by Gasteiger charge is -2.19. The first-order chi connectivity index (χ1) is 7.99. The molecule has 0 bridgehead atoms. The molecule has 0 unspecified atom stereocenters. The molecule has 0 aliphatic heterocycles. The molecule has 0 saturated carbocycles. The molecule has 0 aromatic heterocycles. The lowest BCUT2D eigenvalue weighted by Crippen LogP contribution is -2.34. The average Bonchev–Trinajstić information content (AvgIpc) is 2.27. The second-order valence-electron chi connectivity index (χ2n) is 4.41. The van der Waals surface area contributed by atoms with Crippen LogP contribution in [0.1, 0.15) is 13.8 Å². The molecular formula is C13H18ClNO2. The fraction of sp³-hybridized carbons (Fsp3) is 0.462. The zero-order valence-corrected chi connectivity index (χ0v) is 11.2. The molecule has 1 amide bonds. The minimum atomic E-state index is -0.0198. The van der Waals surface area contributed by atoms with Gasteiger partial charge in [0.05, 0.1) is 0 Å². The number of carbonyl (C=O) groups is 1. The summed E-state index contributed by atoms with van der Waals surface area (Å²) in [4.78, 5) is 13.4. The standard InChI is InChI=1S/C13H18ClNO2/c1-10(2)8-15(3)13(16)9-17-12-6-4-11(14)5-7-12/h4-7,10H,8-9H2,1-3H3. The molecule has 0 spiro atoms. The maximum absolute atomic E-state index is 11.7. The number of benzene rings is 1. The Kier molecular flexibility index (Phi) is 5.29. The number of rotatable bonds is 5. The van der Waals surface area contributed by atoms with Crippen molar-refractivity contribution in [2.45, 2.75) is 13.8 Å². The van der Waals surface area contributed by atoms with Gasteiger partial charge >= 0.3 is 0 Å². The van der Waals surface area contributed by atoms with Crippen LogP contribution in [0.3, 0.4) is 0 Å². The summed E-state index contributed by atoms with van der Waals surface area (Å²) in [6.07, 6.45) is 0. The molecule has 17 heavy (non-hydrogen) atoms. The summed E-state index contributed by atoms with van der Waals surface area (Å²) < 4.78 is 5.38. The van der Waals surface area contributed by atoms with E-state index < -0.39 is 0 Å². The van der Waals surface area contributed by atoms with Crippen molar-refractivity contribution < 1.29 is 9.53 Å². The Labute approximate surface area is 107 Å². The van der Waals surface area contributed by atoms with Gasteiger partial charge in [-0.1, -0.05) is 25.4 Å². The van der Waals surface area contributed by atoms with Gasteiger partial charge in [0.1, 0.15) is 5.75 Å². The van der Waals surface area contributed by atoms with E-state index >= 15 is 0 Å². The maximum atomic E-state index is 11.7. The van der Waals surface area contributed by atoms with Crippen LogP contribution in [0.4, 0.5) is 0 Å². The fourth-order valence-corrected chi connectivity index (χ4v) is 1.56. The van der Waals surface area contributed by atoms with Crippen LogP contribution in [0.5, 0.6) is 5.75 Å². The maximum Gasteiger partial charge on any atom is 0.260 e. The Morgan fingerprint density at radius 3 is 2.47 bits per heavy atom. The van der Waals surface area contributed by atoms with Crippen LogP contribution >= 0.6 is 11.6 Å². The summed E-state index contributed by atoms with van der Waals surface area (Å²) in [6, 6.07) is 6.97. The Hall–Kier alpha value is -1.22. The molecule has 0 N–H and O–H groups in total. The summed E-state index contributed by atoms with van der Waals surface area (Å²) in [5, 5.41) is 0.653. The number of amides is 1. The SMILES string of the molecule is CC(C)CN(C)C(=O)COc1ccc(Cl)cc1. The van der Waals surface area contributed by atoms with Gasteiger partial charge in [0.25, 0.3) is 5.91 Å². The summed E-state index contributed by atoms with van der Waals surface area (Å²) in [5.41, 5.74) is 0. The van der Waals surface area contributed by atoms with Crippen molar-refractivity contribution in [2.75, 3.05) is 20.2 Å². The number of ether oxygens (including phenoxy) is 1. The lowest BCUT2D eigenvalue weighted by atomic mass is 10.2. The first kappa shape index (κ1) is 13.8. The van der Waals surface area contributed by atoms with E-state index in [1.165, 1.54) is 0 Å². The zero-order chi connectivity index (χ0) is 12.8. The highest BCUT2D eigenvalue weighted by atomic mass is 35.5. The molecule has 0 aliphatic rings. The van der Waals surface area contributed by atoms with E-state index in [4.69, 9.17) is 16.3 Å². The highest BCUT2D eigenvalue weighted by Gasteiger charge is 2.10. The minimum absolute atomic E-state index is 0.0198. The molecule has 4 heteroatoms. The Balaban J connectivity index is 2.40.